The van der Waals surface area contributed by atoms with Crippen molar-refractivity contribution in [3.8, 4) is 0 Å². The van der Waals surface area contributed by atoms with Gasteiger partial charge in [-0.05, 0) is 36.8 Å². The van der Waals surface area contributed by atoms with Gasteiger partial charge >= 0.3 is 6.03 Å². The standard InChI is InChI=1S/C20H25N5O3/c1-12(2)18(26)24-17-10-14(8-9-21-17)19(27)23-16-11-15(7-6-13(16)3)22-20(28)25(4)5/h6-12H,1-5H3,(H,22,28)(H,23,27)(H,21,24,26). The molecule has 8 nitrogen and oxygen atoms in total. The van der Waals surface area contributed by atoms with E-state index in [2.05, 4.69) is 20.9 Å². The number of benzene rings is 1. The van der Waals surface area contributed by atoms with E-state index in [1.54, 1.807) is 46.1 Å². The van der Waals surface area contributed by atoms with Gasteiger partial charge in [0.25, 0.3) is 5.91 Å². The van der Waals surface area contributed by atoms with Crippen molar-refractivity contribution < 1.29 is 14.4 Å². The summed E-state index contributed by atoms with van der Waals surface area (Å²) in [5.74, 6) is -0.399. The third-order valence-corrected chi connectivity index (χ3v) is 3.94. The number of aryl methyl sites for hydroxylation is 1. The number of anilines is 3. The Hall–Kier alpha value is -3.42. The van der Waals surface area contributed by atoms with E-state index in [0.717, 1.165) is 5.56 Å². The van der Waals surface area contributed by atoms with Gasteiger partial charge in [-0.3, -0.25) is 9.59 Å². The Bertz CT molecular complexity index is 893. The summed E-state index contributed by atoms with van der Waals surface area (Å²) in [6, 6.07) is 8.08. The molecular weight excluding hydrogens is 358 g/mol. The molecule has 0 aliphatic carbocycles. The number of urea groups is 1. The van der Waals surface area contributed by atoms with E-state index < -0.39 is 0 Å². The maximum absolute atomic E-state index is 12.6. The van der Waals surface area contributed by atoms with E-state index in [4.69, 9.17) is 0 Å². The summed E-state index contributed by atoms with van der Waals surface area (Å²) in [6.07, 6.45) is 1.46. The Morgan fingerprint density at radius 2 is 1.71 bits per heavy atom. The number of hydrogen-bond donors (Lipinski definition) is 3. The van der Waals surface area contributed by atoms with Crippen LogP contribution in [0.4, 0.5) is 22.0 Å². The van der Waals surface area contributed by atoms with Crippen LogP contribution in [0.1, 0.15) is 29.8 Å². The summed E-state index contributed by atoms with van der Waals surface area (Å²) in [4.78, 5) is 41.7. The van der Waals surface area contributed by atoms with Gasteiger partial charge in [-0.25, -0.2) is 9.78 Å². The molecule has 2 rings (SSSR count). The average molecular weight is 383 g/mol. The number of rotatable bonds is 5. The molecule has 28 heavy (non-hydrogen) atoms. The van der Waals surface area contributed by atoms with Crippen molar-refractivity contribution >= 4 is 35.0 Å². The molecule has 0 saturated heterocycles. The molecule has 0 fully saturated rings. The van der Waals surface area contributed by atoms with Gasteiger partial charge in [0.05, 0.1) is 0 Å². The molecule has 0 radical (unpaired) electrons. The molecule has 0 atom stereocenters. The third kappa shape index (κ3) is 5.54. The number of nitrogens with one attached hydrogen (secondary N) is 3. The van der Waals surface area contributed by atoms with Gasteiger partial charge in [-0.15, -0.1) is 0 Å². The Balaban J connectivity index is 2.16. The first-order valence-corrected chi connectivity index (χ1v) is 8.84. The summed E-state index contributed by atoms with van der Waals surface area (Å²) in [5.41, 5.74) is 2.35. The Morgan fingerprint density at radius 1 is 1.00 bits per heavy atom. The molecule has 0 aliphatic heterocycles. The predicted octanol–water partition coefficient (Wildman–Crippen LogP) is 3.33. The van der Waals surface area contributed by atoms with Crippen molar-refractivity contribution in [3.63, 3.8) is 0 Å². The molecule has 148 valence electrons. The second kappa shape index (κ2) is 8.98. The highest BCUT2D eigenvalue weighted by Crippen LogP contribution is 2.21. The van der Waals surface area contributed by atoms with E-state index in [1.807, 2.05) is 13.0 Å². The van der Waals surface area contributed by atoms with Crippen LogP contribution in [0.15, 0.2) is 36.5 Å². The fourth-order valence-electron chi connectivity index (χ4n) is 2.17. The maximum Gasteiger partial charge on any atom is 0.321 e. The normalized spacial score (nSPS) is 10.4. The third-order valence-electron chi connectivity index (χ3n) is 3.94. The molecule has 1 aromatic heterocycles. The second-order valence-electron chi connectivity index (χ2n) is 6.88. The number of aromatic nitrogens is 1. The minimum atomic E-state index is -0.346. The van der Waals surface area contributed by atoms with Crippen LogP contribution in [-0.2, 0) is 4.79 Å². The SMILES string of the molecule is Cc1ccc(NC(=O)N(C)C)cc1NC(=O)c1ccnc(NC(=O)C(C)C)c1. The Kier molecular flexibility index (Phi) is 6.70. The minimum absolute atomic E-state index is 0.176. The number of amides is 4. The van der Waals surface area contributed by atoms with Gasteiger partial charge in [0.2, 0.25) is 5.91 Å². The van der Waals surface area contributed by atoms with Crippen LogP contribution in [0.2, 0.25) is 0 Å². The van der Waals surface area contributed by atoms with Crippen molar-refractivity contribution in [1.29, 1.82) is 0 Å². The van der Waals surface area contributed by atoms with Crippen molar-refractivity contribution in [2.45, 2.75) is 20.8 Å². The summed E-state index contributed by atoms with van der Waals surface area (Å²) >= 11 is 0. The van der Waals surface area contributed by atoms with Crippen LogP contribution in [0.25, 0.3) is 0 Å². The molecule has 1 heterocycles. The topological polar surface area (TPSA) is 103 Å². The van der Waals surface area contributed by atoms with E-state index >= 15 is 0 Å². The van der Waals surface area contributed by atoms with Gasteiger partial charge in [0.15, 0.2) is 0 Å². The number of pyridine rings is 1. The fraction of sp³-hybridized carbons (Fsp3) is 0.300. The summed E-state index contributed by atoms with van der Waals surface area (Å²) in [7, 11) is 3.29. The zero-order valence-corrected chi connectivity index (χ0v) is 16.7. The molecule has 0 bridgehead atoms. The lowest BCUT2D eigenvalue weighted by molar-refractivity contribution is -0.118. The predicted molar refractivity (Wildman–Crippen MR) is 110 cm³/mol. The molecule has 2 aromatic rings. The van der Waals surface area contributed by atoms with Crippen LogP contribution in [0.3, 0.4) is 0 Å². The zero-order valence-electron chi connectivity index (χ0n) is 16.7. The first kappa shape index (κ1) is 20.9. The highest BCUT2D eigenvalue weighted by molar-refractivity contribution is 6.06. The molecular formula is C20H25N5O3. The molecule has 8 heteroatoms. The molecule has 0 unspecified atom stereocenters. The van der Waals surface area contributed by atoms with Crippen LogP contribution in [0, 0.1) is 12.8 Å². The first-order chi connectivity index (χ1) is 13.2. The maximum atomic E-state index is 12.6. The summed E-state index contributed by atoms with van der Waals surface area (Å²) in [6.45, 7) is 5.40. The lowest BCUT2D eigenvalue weighted by Gasteiger charge is -2.14. The van der Waals surface area contributed by atoms with Crippen LogP contribution in [-0.4, -0.2) is 41.8 Å². The summed E-state index contributed by atoms with van der Waals surface area (Å²) < 4.78 is 0. The molecule has 4 amide bonds. The molecule has 0 saturated carbocycles. The van der Waals surface area contributed by atoms with Crippen LogP contribution in [0.5, 0.6) is 0 Å². The van der Waals surface area contributed by atoms with Crippen LogP contribution < -0.4 is 16.0 Å². The summed E-state index contributed by atoms with van der Waals surface area (Å²) in [5, 5.41) is 8.24. The monoisotopic (exact) mass is 383 g/mol. The van der Waals surface area contributed by atoms with Gasteiger partial charge in [-0.1, -0.05) is 19.9 Å². The largest absolute Gasteiger partial charge is 0.331 e. The second-order valence-corrected chi connectivity index (χ2v) is 6.88. The molecule has 1 aromatic carbocycles. The van der Waals surface area contributed by atoms with Gasteiger partial charge in [0, 0.05) is 43.1 Å². The highest BCUT2D eigenvalue weighted by atomic mass is 16.2. The molecule has 3 N–H and O–H groups in total. The lowest BCUT2D eigenvalue weighted by Crippen LogP contribution is -2.27. The number of hydrogen-bond acceptors (Lipinski definition) is 4. The Labute approximate surface area is 164 Å². The van der Waals surface area contributed by atoms with Crippen molar-refractivity contribution in [3.05, 3.63) is 47.7 Å². The van der Waals surface area contributed by atoms with Gasteiger partial charge in [-0.2, -0.15) is 0 Å². The lowest BCUT2D eigenvalue weighted by atomic mass is 10.1. The quantitative estimate of drug-likeness (QED) is 0.737. The minimum Gasteiger partial charge on any atom is -0.331 e. The molecule has 0 aliphatic rings. The van der Waals surface area contributed by atoms with Gasteiger partial charge < -0.3 is 20.9 Å². The van der Waals surface area contributed by atoms with Gasteiger partial charge in [0.1, 0.15) is 5.82 Å². The van der Waals surface area contributed by atoms with E-state index in [9.17, 15) is 14.4 Å². The van der Waals surface area contributed by atoms with Crippen molar-refractivity contribution in [2.75, 3.05) is 30.0 Å². The van der Waals surface area contributed by atoms with E-state index in [1.165, 1.54) is 17.2 Å². The van der Waals surface area contributed by atoms with Crippen LogP contribution >= 0.6 is 0 Å². The average Bonchev–Trinajstić information content (AvgIpc) is 2.64. The zero-order chi connectivity index (χ0) is 20.8. The van der Waals surface area contributed by atoms with E-state index in [0.29, 0.717) is 22.8 Å². The van der Waals surface area contributed by atoms with Crippen molar-refractivity contribution in [2.24, 2.45) is 5.92 Å². The highest BCUT2D eigenvalue weighted by Gasteiger charge is 2.13. The first-order valence-electron chi connectivity index (χ1n) is 8.84. The number of carbonyl (C=O) groups is 3. The Morgan fingerprint density at radius 3 is 2.36 bits per heavy atom. The van der Waals surface area contributed by atoms with Crippen molar-refractivity contribution in [1.82, 2.24) is 9.88 Å². The van der Waals surface area contributed by atoms with E-state index in [-0.39, 0.29) is 23.8 Å². The number of nitrogens with zero attached hydrogens (tertiary/aromatic N) is 2. The molecule has 0 spiro atoms. The smallest absolute Gasteiger partial charge is 0.321 e. The number of carbonyl (C=O) groups excluding carboxylic acids is 3. The fourth-order valence-corrected chi connectivity index (χ4v) is 2.17.